The van der Waals surface area contributed by atoms with Gasteiger partial charge in [0.1, 0.15) is 0 Å². The van der Waals surface area contributed by atoms with E-state index in [1.165, 1.54) is 19.3 Å². The van der Waals surface area contributed by atoms with Gasteiger partial charge in [0, 0.05) is 17.4 Å². The average molecular weight is 241 g/mol. The van der Waals surface area contributed by atoms with Gasteiger partial charge in [-0.2, -0.15) is 0 Å². The molecule has 66 valence electrons. The van der Waals surface area contributed by atoms with Crippen LogP contribution in [0.4, 0.5) is 0 Å². The van der Waals surface area contributed by atoms with E-state index in [9.17, 15) is 0 Å². The molecule has 0 aromatic rings. The first kappa shape index (κ1) is 11.5. The molecule has 0 aromatic heterocycles. The monoisotopic (exact) mass is 239 g/mol. The summed E-state index contributed by atoms with van der Waals surface area (Å²) in [4.78, 5) is 0. The lowest BCUT2D eigenvalue weighted by Gasteiger charge is -1.99. The van der Waals surface area contributed by atoms with Crippen molar-refractivity contribution in [3.8, 4) is 0 Å². The first-order chi connectivity index (χ1) is 5.41. The Morgan fingerprint density at radius 2 is 2.09 bits per heavy atom. The molecule has 0 radical (unpaired) electrons. The van der Waals surface area contributed by atoms with Gasteiger partial charge in [-0.15, -0.1) is 0 Å². The van der Waals surface area contributed by atoms with Crippen molar-refractivity contribution in [3.63, 3.8) is 0 Å². The van der Waals surface area contributed by atoms with E-state index in [2.05, 4.69) is 21.2 Å². The molecule has 0 amide bonds. The third-order valence-electron chi connectivity index (χ3n) is 1.34. The quantitative estimate of drug-likeness (QED) is 0.533. The highest BCUT2D eigenvalue weighted by atomic mass is 79.9. The Morgan fingerprint density at radius 1 is 1.27 bits per heavy atom. The highest BCUT2D eigenvalue weighted by Crippen LogP contribution is 1.96. The van der Waals surface area contributed by atoms with Gasteiger partial charge in [0.2, 0.25) is 0 Å². The van der Waals surface area contributed by atoms with Gasteiger partial charge in [0.05, 0.1) is 0 Å². The molecule has 3 heteroatoms. The smallest absolute Gasteiger partial charge is 0.0146 e. The Labute approximate surface area is 82.3 Å². The Morgan fingerprint density at radius 3 is 2.73 bits per heavy atom. The minimum atomic E-state index is 0.887. The Bertz CT molecular complexity index is 96.1. The molecule has 0 saturated heterocycles. The lowest BCUT2D eigenvalue weighted by molar-refractivity contribution is 0.650. The van der Waals surface area contributed by atoms with Crippen LogP contribution in [0.2, 0.25) is 0 Å². The van der Waals surface area contributed by atoms with Gasteiger partial charge in [-0.05, 0) is 19.4 Å². The molecule has 0 aromatic carbocycles. The molecular formula is C8H15BrClN. The molecule has 0 aliphatic carbocycles. The first-order valence-corrected chi connectivity index (χ1v) is 5.49. The van der Waals surface area contributed by atoms with E-state index in [0.717, 1.165) is 18.4 Å². The van der Waals surface area contributed by atoms with Crippen LogP contribution in [0.5, 0.6) is 0 Å². The van der Waals surface area contributed by atoms with Crippen molar-refractivity contribution < 1.29 is 0 Å². The summed E-state index contributed by atoms with van der Waals surface area (Å²) in [5, 5.41) is 4.38. The number of rotatable bonds is 7. The van der Waals surface area contributed by atoms with E-state index < -0.39 is 0 Å². The third-order valence-corrected chi connectivity index (χ3v) is 2.08. The van der Waals surface area contributed by atoms with E-state index >= 15 is 0 Å². The third kappa shape index (κ3) is 10.5. The summed E-state index contributed by atoms with van der Waals surface area (Å²) in [5.74, 6) is 0. The number of alkyl halides is 1. The number of hydrogen-bond donors (Lipinski definition) is 1. The summed E-state index contributed by atoms with van der Waals surface area (Å²) >= 11 is 8.73. The zero-order valence-electron chi connectivity index (χ0n) is 6.65. The van der Waals surface area contributed by atoms with Crippen molar-refractivity contribution in [3.05, 3.63) is 11.6 Å². The van der Waals surface area contributed by atoms with Crippen LogP contribution < -0.4 is 5.32 Å². The highest BCUT2D eigenvalue weighted by Gasteiger charge is 1.86. The molecule has 0 aliphatic heterocycles. The van der Waals surface area contributed by atoms with Crippen LogP contribution in [0, 0.1) is 0 Å². The summed E-state index contributed by atoms with van der Waals surface area (Å²) in [7, 11) is 0. The average Bonchev–Trinajstić information content (AvgIpc) is 2.03. The number of halogens is 2. The second kappa shape index (κ2) is 10.5. The van der Waals surface area contributed by atoms with Crippen LogP contribution in [-0.4, -0.2) is 18.4 Å². The molecule has 1 nitrogen and oxygen atoms in total. The lowest BCUT2D eigenvalue weighted by Crippen LogP contribution is -2.14. The lowest BCUT2D eigenvalue weighted by atomic mass is 10.2. The van der Waals surface area contributed by atoms with Crippen molar-refractivity contribution in [2.75, 3.05) is 18.4 Å². The molecule has 0 bridgehead atoms. The largest absolute Gasteiger partial charge is 0.313 e. The normalized spacial score (nSPS) is 11.1. The topological polar surface area (TPSA) is 12.0 Å². The van der Waals surface area contributed by atoms with E-state index in [4.69, 9.17) is 11.6 Å². The molecule has 0 saturated carbocycles. The van der Waals surface area contributed by atoms with E-state index in [0.29, 0.717) is 0 Å². The Balaban J connectivity index is 2.79. The summed E-state index contributed by atoms with van der Waals surface area (Å²) in [6, 6.07) is 0. The van der Waals surface area contributed by atoms with Gasteiger partial charge in [-0.25, -0.2) is 0 Å². The Hall–Kier alpha value is 0.470. The molecule has 11 heavy (non-hydrogen) atoms. The van der Waals surface area contributed by atoms with Crippen molar-refractivity contribution in [2.45, 2.75) is 19.3 Å². The molecule has 0 spiro atoms. The van der Waals surface area contributed by atoms with Gasteiger partial charge in [0.15, 0.2) is 0 Å². The van der Waals surface area contributed by atoms with Crippen LogP contribution in [0.1, 0.15) is 19.3 Å². The van der Waals surface area contributed by atoms with E-state index in [1.807, 2.05) is 6.08 Å². The van der Waals surface area contributed by atoms with Gasteiger partial charge in [-0.1, -0.05) is 40.0 Å². The number of unbranched alkanes of at least 4 members (excludes halogenated alkanes) is 2. The Kier molecular flexibility index (Phi) is 10.9. The standard InChI is InChI=1S/C8H15BrClN/c9-5-2-1-3-7-11-8-4-6-10/h4,6,11H,1-3,5,7-8H2/b6-4+. The van der Waals surface area contributed by atoms with Crippen LogP contribution in [0.25, 0.3) is 0 Å². The second-order valence-corrected chi connectivity index (χ2v) is 3.36. The van der Waals surface area contributed by atoms with Crippen LogP contribution in [-0.2, 0) is 0 Å². The predicted octanol–water partition coefficient (Wildman–Crippen LogP) is 2.89. The van der Waals surface area contributed by atoms with E-state index in [1.54, 1.807) is 5.54 Å². The fourth-order valence-electron chi connectivity index (χ4n) is 0.751. The molecule has 0 rings (SSSR count). The van der Waals surface area contributed by atoms with Crippen LogP contribution in [0.3, 0.4) is 0 Å². The zero-order chi connectivity index (χ0) is 8.36. The van der Waals surface area contributed by atoms with Crippen molar-refractivity contribution in [2.24, 2.45) is 0 Å². The minimum absolute atomic E-state index is 0.887. The van der Waals surface area contributed by atoms with E-state index in [-0.39, 0.29) is 0 Å². The van der Waals surface area contributed by atoms with Crippen molar-refractivity contribution in [1.29, 1.82) is 0 Å². The maximum atomic E-state index is 5.34. The molecule has 0 fully saturated rings. The summed E-state index contributed by atoms with van der Waals surface area (Å²) in [5.41, 5.74) is 1.55. The molecule has 1 N–H and O–H groups in total. The zero-order valence-corrected chi connectivity index (χ0v) is 9.00. The maximum absolute atomic E-state index is 5.34. The molecule has 0 unspecified atom stereocenters. The van der Waals surface area contributed by atoms with Gasteiger partial charge in [0.25, 0.3) is 0 Å². The van der Waals surface area contributed by atoms with Crippen molar-refractivity contribution in [1.82, 2.24) is 5.32 Å². The summed E-state index contributed by atoms with van der Waals surface area (Å²) < 4.78 is 0. The molecule has 0 aliphatic rings. The molecular weight excluding hydrogens is 225 g/mol. The van der Waals surface area contributed by atoms with Crippen LogP contribution >= 0.6 is 27.5 Å². The fraction of sp³-hybridized carbons (Fsp3) is 0.750. The van der Waals surface area contributed by atoms with Crippen LogP contribution in [0.15, 0.2) is 11.6 Å². The summed E-state index contributed by atoms with van der Waals surface area (Å²) in [6.45, 7) is 1.98. The van der Waals surface area contributed by atoms with Gasteiger partial charge >= 0.3 is 0 Å². The minimum Gasteiger partial charge on any atom is -0.313 e. The second-order valence-electron chi connectivity index (χ2n) is 2.32. The number of nitrogens with one attached hydrogen (secondary N) is 1. The summed E-state index contributed by atoms with van der Waals surface area (Å²) in [6.07, 6.45) is 5.73. The van der Waals surface area contributed by atoms with Gasteiger partial charge < -0.3 is 5.32 Å². The SMILES string of the molecule is Cl/C=C/CNCCCCCBr. The molecule has 0 atom stereocenters. The highest BCUT2D eigenvalue weighted by molar-refractivity contribution is 9.09. The van der Waals surface area contributed by atoms with Gasteiger partial charge in [-0.3, -0.25) is 0 Å². The van der Waals surface area contributed by atoms with Crippen molar-refractivity contribution >= 4 is 27.5 Å². The fourth-order valence-corrected chi connectivity index (χ4v) is 1.24. The predicted molar refractivity (Wildman–Crippen MR) is 55.5 cm³/mol. The molecule has 0 heterocycles. The first-order valence-electron chi connectivity index (χ1n) is 3.93. The maximum Gasteiger partial charge on any atom is 0.0146 e. The number of hydrogen-bond acceptors (Lipinski definition) is 1.